The number of benzene rings is 2. The van der Waals surface area contributed by atoms with E-state index in [1.165, 1.54) is 39.4 Å². The fourth-order valence-electron chi connectivity index (χ4n) is 3.76. The standard InChI is InChI=1S/C27H28N3/c1-28(2)20-10-7-19(8-11-20)9-14-23-24-15-12-21(29(3)4)17-26(24)27-18-22(30(5)6)13-16-25(23)27/h7-8,10-13,15-18H,1-6H3/q+1. The Morgan fingerprint density at radius 3 is 2.03 bits per heavy atom. The van der Waals surface area contributed by atoms with Gasteiger partial charge < -0.3 is 9.80 Å². The Kier molecular flexibility index (Phi) is 5.10. The third kappa shape index (κ3) is 3.57. The molecule has 3 nitrogen and oxygen atoms in total. The van der Waals surface area contributed by atoms with Crippen LogP contribution < -0.4 is 9.80 Å². The Bertz CT molecular complexity index is 1190. The number of fused-ring (bicyclic) bond motifs is 3. The van der Waals surface area contributed by atoms with Gasteiger partial charge in [-0.3, -0.25) is 0 Å². The molecule has 0 heterocycles. The predicted octanol–water partition coefficient (Wildman–Crippen LogP) is 4.30. The highest BCUT2D eigenvalue weighted by atomic mass is 15.1. The molecule has 0 saturated heterocycles. The second-order valence-electron chi connectivity index (χ2n) is 8.31. The summed E-state index contributed by atoms with van der Waals surface area (Å²) in [5.41, 5.74) is 10.6. The molecule has 0 bridgehead atoms. The quantitative estimate of drug-likeness (QED) is 0.555. The van der Waals surface area contributed by atoms with E-state index in [1.54, 1.807) is 0 Å². The first-order valence-electron chi connectivity index (χ1n) is 10.2. The normalized spacial score (nSPS) is 13.9. The number of allylic oxidation sites excluding steroid dienone is 6. The van der Waals surface area contributed by atoms with Crippen LogP contribution in [0.3, 0.4) is 0 Å². The molecule has 2 aromatic carbocycles. The molecule has 0 aliphatic heterocycles. The summed E-state index contributed by atoms with van der Waals surface area (Å²) in [7, 11) is 12.4. The summed E-state index contributed by atoms with van der Waals surface area (Å²) >= 11 is 0. The molecule has 30 heavy (non-hydrogen) atoms. The van der Waals surface area contributed by atoms with Crippen LogP contribution in [0.25, 0.3) is 11.1 Å². The molecule has 2 aliphatic rings. The molecule has 0 amide bonds. The maximum Gasteiger partial charge on any atom is 0.200 e. The van der Waals surface area contributed by atoms with Crippen molar-refractivity contribution in [3.05, 3.63) is 83.0 Å². The number of anilines is 2. The number of hydrogen-bond acceptors (Lipinski definition) is 2. The molecule has 2 aromatic rings. The number of nitrogens with zero attached hydrogens (tertiary/aromatic N) is 3. The summed E-state index contributed by atoms with van der Waals surface area (Å²) < 4.78 is 2.14. The molecule has 2 aliphatic carbocycles. The molecule has 3 heteroatoms. The van der Waals surface area contributed by atoms with Crippen molar-refractivity contribution in [1.82, 2.24) is 0 Å². The molecule has 0 unspecified atom stereocenters. The van der Waals surface area contributed by atoms with Gasteiger partial charge in [0.05, 0.1) is 0 Å². The van der Waals surface area contributed by atoms with Crippen molar-refractivity contribution in [2.45, 2.75) is 0 Å². The van der Waals surface area contributed by atoms with Crippen LogP contribution in [0.2, 0.25) is 0 Å². The van der Waals surface area contributed by atoms with E-state index in [9.17, 15) is 0 Å². The van der Waals surface area contributed by atoms with Gasteiger partial charge in [-0.1, -0.05) is 17.9 Å². The molecule has 0 N–H and O–H groups in total. The zero-order chi connectivity index (χ0) is 21.4. The van der Waals surface area contributed by atoms with Crippen molar-refractivity contribution in [2.75, 3.05) is 52.1 Å². The Labute approximate surface area is 180 Å². The molecular formula is C27H28N3+. The van der Waals surface area contributed by atoms with E-state index in [-0.39, 0.29) is 0 Å². The molecule has 0 fully saturated rings. The maximum absolute atomic E-state index is 3.48. The smallest absolute Gasteiger partial charge is 0.200 e. The molecule has 150 valence electrons. The first-order valence-corrected chi connectivity index (χ1v) is 10.2. The first-order chi connectivity index (χ1) is 14.3. The Morgan fingerprint density at radius 2 is 1.40 bits per heavy atom. The highest BCUT2D eigenvalue weighted by molar-refractivity contribution is 6.18. The van der Waals surface area contributed by atoms with Crippen molar-refractivity contribution >= 4 is 28.2 Å². The molecule has 0 saturated carbocycles. The van der Waals surface area contributed by atoms with Crippen molar-refractivity contribution < 1.29 is 4.58 Å². The van der Waals surface area contributed by atoms with E-state index in [0.29, 0.717) is 0 Å². The lowest BCUT2D eigenvalue weighted by Crippen LogP contribution is -2.11. The zero-order valence-electron chi connectivity index (χ0n) is 18.6. The monoisotopic (exact) mass is 394 g/mol. The van der Waals surface area contributed by atoms with Crippen LogP contribution in [0.1, 0.15) is 16.7 Å². The molecular weight excluding hydrogens is 366 g/mol. The minimum Gasteiger partial charge on any atom is -0.378 e. The lowest BCUT2D eigenvalue weighted by molar-refractivity contribution is -0.462. The van der Waals surface area contributed by atoms with Gasteiger partial charge in [0, 0.05) is 62.9 Å². The van der Waals surface area contributed by atoms with E-state index in [1.807, 2.05) is 14.1 Å². The Morgan fingerprint density at radius 1 is 0.733 bits per heavy atom. The van der Waals surface area contributed by atoms with Gasteiger partial charge in [0.2, 0.25) is 0 Å². The molecule has 0 spiro atoms. The van der Waals surface area contributed by atoms with Crippen molar-refractivity contribution in [3.8, 4) is 11.8 Å². The van der Waals surface area contributed by atoms with E-state index in [4.69, 9.17) is 0 Å². The van der Waals surface area contributed by atoms with Gasteiger partial charge in [-0.25, -0.2) is 4.58 Å². The summed E-state index contributed by atoms with van der Waals surface area (Å²) in [4.78, 5) is 4.24. The van der Waals surface area contributed by atoms with Crippen LogP contribution in [0.15, 0.2) is 66.3 Å². The average Bonchev–Trinajstić information content (AvgIpc) is 3.04. The maximum atomic E-state index is 3.48. The van der Waals surface area contributed by atoms with Crippen LogP contribution in [0, 0.1) is 11.8 Å². The largest absolute Gasteiger partial charge is 0.378 e. The van der Waals surface area contributed by atoms with Crippen molar-refractivity contribution in [2.24, 2.45) is 0 Å². The molecule has 0 aromatic heterocycles. The van der Waals surface area contributed by atoms with Crippen LogP contribution in [0.4, 0.5) is 11.4 Å². The van der Waals surface area contributed by atoms with Crippen LogP contribution in [0.5, 0.6) is 0 Å². The Hall–Kier alpha value is -3.51. The zero-order valence-corrected chi connectivity index (χ0v) is 18.6. The third-order valence-electron chi connectivity index (χ3n) is 5.58. The molecule has 0 radical (unpaired) electrons. The summed E-state index contributed by atoms with van der Waals surface area (Å²) in [6.45, 7) is 0. The lowest BCUT2D eigenvalue weighted by Gasteiger charge is -2.15. The fourth-order valence-corrected chi connectivity index (χ4v) is 3.76. The van der Waals surface area contributed by atoms with Crippen LogP contribution >= 0.6 is 0 Å². The minimum atomic E-state index is 1.03. The first kappa shape index (κ1) is 19.8. The SMILES string of the molecule is CN(C)c1ccc(C#CC2=C3C=CC(=[N+](C)C)C=C3c3cc(N(C)C)ccc32)cc1. The van der Waals surface area contributed by atoms with Gasteiger partial charge in [-0.05, 0) is 64.7 Å². The van der Waals surface area contributed by atoms with Crippen LogP contribution in [-0.2, 0) is 0 Å². The van der Waals surface area contributed by atoms with Crippen molar-refractivity contribution in [1.29, 1.82) is 0 Å². The van der Waals surface area contributed by atoms with Gasteiger partial charge in [0.1, 0.15) is 14.1 Å². The number of rotatable bonds is 2. The van der Waals surface area contributed by atoms with E-state index in [0.717, 1.165) is 11.1 Å². The minimum absolute atomic E-state index is 1.03. The van der Waals surface area contributed by atoms with Crippen molar-refractivity contribution in [3.63, 3.8) is 0 Å². The Balaban J connectivity index is 1.82. The molecule has 4 rings (SSSR count). The van der Waals surface area contributed by atoms with Gasteiger partial charge in [-0.15, -0.1) is 0 Å². The highest BCUT2D eigenvalue weighted by Gasteiger charge is 2.28. The predicted molar refractivity (Wildman–Crippen MR) is 130 cm³/mol. The summed E-state index contributed by atoms with van der Waals surface area (Å²) in [6.07, 6.45) is 6.65. The van der Waals surface area contributed by atoms with E-state index >= 15 is 0 Å². The lowest BCUT2D eigenvalue weighted by atomic mass is 9.96. The van der Waals surface area contributed by atoms with Crippen LogP contribution in [-0.4, -0.2) is 52.6 Å². The molecule has 0 atom stereocenters. The van der Waals surface area contributed by atoms with E-state index < -0.39 is 0 Å². The van der Waals surface area contributed by atoms with Gasteiger partial charge in [0.15, 0.2) is 5.71 Å². The average molecular weight is 395 g/mol. The summed E-state index contributed by atoms with van der Waals surface area (Å²) in [5, 5.41) is 0. The van der Waals surface area contributed by atoms with Gasteiger partial charge >= 0.3 is 0 Å². The summed E-state index contributed by atoms with van der Waals surface area (Å²) in [5.74, 6) is 6.87. The second-order valence-corrected chi connectivity index (χ2v) is 8.31. The summed E-state index contributed by atoms with van der Waals surface area (Å²) in [6, 6.07) is 15.0. The van der Waals surface area contributed by atoms with Gasteiger partial charge in [-0.2, -0.15) is 0 Å². The number of hydrogen-bond donors (Lipinski definition) is 0. The second kappa shape index (κ2) is 7.72. The topological polar surface area (TPSA) is 9.49 Å². The third-order valence-corrected chi connectivity index (χ3v) is 5.58. The van der Waals surface area contributed by atoms with Gasteiger partial charge in [0.25, 0.3) is 0 Å². The fraction of sp³-hybridized carbons (Fsp3) is 0.222. The highest BCUT2D eigenvalue weighted by Crippen LogP contribution is 2.44. The van der Waals surface area contributed by atoms with E-state index in [2.05, 4.69) is 115 Å².